The van der Waals surface area contributed by atoms with Crippen LogP contribution in [0.15, 0.2) is 53.4 Å². The Labute approximate surface area is 192 Å². The van der Waals surface area contributed by atoms with E-state index < -0.39 is 22.5 Å². The maximum atomic E-state index is 13.8. The molecule has 1 atom stereocenters. The zero-order valence-corrected chi connectivity index (χ0v) is 19.7. The molecule has 0 radical (unpaired) electrons. The highest BCUT2D eigenvalue weighted by Gasteiger charge is 2.53. The average Bonchev–Trinajstić information content (AvgIpc) is 2.95. The van der Waals surface area contributed by atoms with Gasteiger partial charge in [0.2, 0.25) is 4.87 Å². The van der Waals surface area contributed by atoms with Gasteiger partial charge in [-0.15, -0.1) is 0 Å². The number of amides is 2. The maximum absolute atomic E-state index is 13.8. The molecule has 170 valence electrons. The molecule has 8 heteroatoms. The van der Waals surface area contributed by atoms with Crippen LogP contribution < -0.4 is 10.2 Å². The van der Waals surface area contributed by atoms with Gasteiger partial charge in [-0.05, 0) is 45.4 Å². The topological polar surface area (TPSA) is 84.9 Å². The van der Waals surface area contributed by atoms with E-state index in [1.165, 1.54) is 7.11 Å². The van der Waals surface area contributed by atoms with E-state index in [-0.39, 0.29) is 5.91 Å². The Hall–Kier alpha value is -3.00. The molecule has 2 amide bonds. The lowest BCUT2D eigenvalue weighted by molar-refractivity contribution is -0.121. The molecule has 1 aliphatic heterocycles. The van der Waals surface area contributed by atoms with Crippen LogP contribution in [0.5, 0.6) is 0 Å². The molecule has 0 aromatic heterocycles. The highest BCUT2D eigenvalue weighted by Crippen LogP contribution is 2.50. The van der Waals surface area contributed by atoms with E-state index in [1.807, 2.05) is 31.2 Å². The Morgan fingerprint density at radius 1 is 1.09 bits per heavy atom. The summed E-state index contributed by atoms with van der Waals surface area (Å²) in [5.41, 5.74) is 0.918. The molecule has 1 aliphatic rings. The number of nitrogens with zero attached hydrogens (tertiary/aromatic N) is 1. The van der Waals surface area contributed by atoms with Crippen LogP contribution in [-0.2, 0) is 19.1 Å². The normalized spacial score (nSPS) is 17.7. The van der Waals surface area contributed by atoms with Crippen LogP contribution in [0.3, 0.4) is 0 Å². The number of methoxy groups -OCH3 is 1. The molecule has 1 unspecified atom stereocenters. The molecule has 7 nitrogen and oxygen atoms in total. The van der Waals surface area contributed by atoms with Crippen LogP contribution >= 0.6 is 11.8 Å². The number of esters is 1. The summed E-state index contributed by atoms with van der Waals surface area (Å²) in [6, 6.07) is 14.2. The number of hydrogen-bond acceptors (Lipinski definition) is 6. The van der Waals surface area contributed by atoms with Crippen LogP contribution in [0, 0.1) is 0 Å². The van der Waals surface area contributed by atoms with Gasteiger partial charge in [0.1, 0.15) is 5.60 Å². The van der Waals surface area contributed by atoms with Gasteiger partial charge in [-0.1, -0.05) is 49.0 Å². The fraction of sp³-hybridized carbons (Fsp3) is 0.375. The highest BCUT2D eigenvalue weighted by atomic mass is 32.2. The molecule has 1 heterocycles. The summed E-state index contributed by atoms with van der Waals surface area (Å²) in [5.74, 6) is -0.819. The fourth-order valence-electron chi connectivity index (χ4n) is 3.56. The Balaban J connectivity index is 2.15. The summed E-state index contributed by atoms with van der Waals surface area (Å²) < 4.78 is 10.4. The van der Waals surface area contributed by atoms with Crippen molar-refractivity contribution in [1.82, 2.24) is 5.32 Å². The van der Waals surface area contributed by atoms with Gasteiger partial charge in [0.05, 0.1) is 18.4 Å². The van der Waals surface area contributed by atoms with Crippen LogP contribution in [0.1, 0.15) is 50.0 Å². The molecule has 0 fully saturated rings. The number of ether oxygens (including phenoxy) is 2. The van der Waals surface area contributed by atoms with E-state index in [1.54, 1.807) is 49.9 Å². The predicted octanol–water partition coefficient (Wildman–Crippen LogP) is 4.70. The standard InChI is InChI=1S/C24H28N2O5S/c1-6-15-26-18-13-9-8-12-17(18)24(21(26)28,25-22(29)31-23(2,3)4)32-19-14-10-7-11-16(19)20(27)30-5/h7-14H,6,15H2,1-5H3,(H,25,29). The largest absolute Gasteiger partial charge is 0.465 e. The fourth-order valence-corrected chi connectivity index (χ4v) is 4.91. The number of fused-ring (bicyclic) bond motifs is 1. The molecule has 3 rings (SSSR count). The monoisotopic (exact) mass is 456 g/mol. The summed E-state index contributed by atoms with van der Waals surface area (Å²) >= 11 is 1.10. The van der Waals surface area contributed by atoms with E-state index in [0.717, 1.165) is 23.9 Å². The minimum absolute atomic E-state index is 0.295. The van der Waals surface area contributed by atoms with E-state index in [2.05, 4.69) is 5.32 Å². The molecule has 0 spiro atoms. The second kappa shape index (κ2) is 9.24. The molecule has 0 bridgehead atoms. The number of anilines is 1. The second-order valence-corrected chi connectivity index (χ2v) is 9.63. The number of nitrogens with one attached hydrogen (secondary N) is 1. The van der Waals surface area contributed by atoms with Crippen molar-refractivity contribution in [3.63, 3.8) is 0 Å². The number of para-hydroxylation sites is 1. The number of alkyl carbamates (subject to hydrolysis) is 1. The Kier molecular flexibility index (Phi) is 6.83. The van der Waals surface area contributed by atoms with Crippen molar-refractivity contribution in [1.29, 1.82) is 0 Å². The summed E-state index contributed by atoms with van der Waals surface area (Å²) in [6.45, 7) is 7.75. The van der Waals surface area contributed by atoms with Gasteiger partial charge < -0.3 is 14.4 Å². The number of carbonyl (C=O) groups is 3. The lowest BCUT2D eigenvalue weighted by Crippen LogP contribution is -2.52. The maximum Gasteiger partial charge on any atom is 0.409 e. The Morgan fingerprint density at radius 2 is 1.75 bits per heavy atom. The highest BCUT2D eigenvalue weighted by molar-refractivity contribution is 8.01. The average molecular weight is 457 g/mol. The minimum atomic E-state index is -1.50. The summed E-state index contributed by atoms with van der Waals surface area (Å²) in [4.78, 5) is 39.8. The van der Waals surface area contributed by atoms with E-state index in [4.69, 9.17) is 9.47 Å². The Bertz CT molecular complexity index is 1030. The van der Waals surface area contributed by atoms with Crippen molar-refractivity contribution in [3.8, 4) is 0 Å². The van der Waals surface area contributed by atoms with Gasteiger partial charge in [0, 0.05) is 17.0 Å². The van der Waals surface area contributed by atoms with Gasteiger partial charge in [0.15, 0.2) is 0 Å². The number of carbonyl (C=O) groups excluding carboxylic acids is 3. The van der Waals surface area contributed by atoms with Crippen LogP contribution in [-0.4, -0.2) is 37.2 Å². The molecule has 0 aliphatic carbocycles. The SMILES string of the molecule is CCCN1C(=O)C(NC(=O)OC(C)(C)C)(Sc2ccccc2C(=O)OC)c2ccccc21. The number of hydrogen-bond donors (Lipinski definition) is 1. The van der Waals surface area contributed by atoms with Gasteiger partial charge in [-0.3, -0.25) is 10.1 Å². The number of benzene rings is 2. The van der Waals surface area contributed by atoms with Crippen LogP contribution in [0.25, 0.3) is 0 Å². The first-order valence-corrected chi connectivity index (χ1v) is 11.2. The molecule has 2 aromatic rings. The third-order valence-electron chi connectivity index (χ3n) is 4.80. The second-order valence-electron chi connectivity index (χ2n) is 8.37. The smallest absolute Gasteiger partial charge is 0.409 e. The van der Waals surface area contributed by atoms with E-state index in [0.29, 0.717) is 22.6 Å². The molecule has 1 N–H and O–H groups in total. The molecule has 0 saturated heterocycles. The summed E-state index contributed by atoms with van der Waals surface area (Å²) in [7, 11) is 1.30. The third kappa shape index (κ3) is 4.60. The molecular weight excluding hydrogens is 428 g/mol. The van der Waals surface area contributed by atoms with Gasteiger partial charge in [0.25, 0.3) is 5.91 Å². The molecule has 32 heavy (non-hydrogen) atoms. The minimum Gasteiger partial charge on any atom is -0.465 e. The van der Waals surface area contributed by atoms with Gasteiger partial charge in [-0.25, -0.2) is 9.59 Å². The van der Waals surface area contributed by atoms with Crippen molar-refractivity contribution in [2.45, 2.75) is 49.5 Å². The van der Waals surface area contributed by atoms with E-state index in [9.17, 15) is 14.4 Å². The number of rotatable bonds is 6. The zero-order valence-electron chi connectivity index (χ0n) is 18.9. The van der Waals surface area contributed by atoms with Crippen molar-refractivity contribution < 1.29 is 23.9 Å². The lowest BCUT2D eigenvalue weighted by atomic mass is 10.1. The molecule has 2 aromatic carbocycles. The van der Waals surface area contributed by atoms with Gasteiger partial charge in [-0.2, -0.15) is 0 Å². The van der Waals surface area contributed by atoms with Crippen LogP contribution in [0.4, 0.5) is 10.5 Å². The van der Waals surface area contributed by atoms with Gasteiger partial charge >= 0.3 is 12.1 Å². The van der Waals surface area contributed by atoms with Crippen molar-refractivity contribution in [3.05, 3.63) is 59.7 Å². The van der Waals surface area contributed by atoms with Crippen molar-refractivity contribution in [2.75, 3.05) is 18.6 Å². The summed E-state index contributed by atoms with van der Waals surface area (Å²) in [6.07, 6.45) is 0.0217. The van der Waals surface area contributed by atoms with Crippen molar-refractivity contribution in [2.24, 2.45) is 0 Å². The first kappa shape index (κ1) is 23.7. The van der Waals surface area contributed by atoms with E-state index >= 15 is 0 Å². The summed E-state index contributed by atoms with van der Waals surface area (Å²) in [5, 5.41) is 2.83. The molecule has 0 saturated carbocycles. The third-order valence-corrected chi connectivity index (χ3v) is 6.18. The zero-order chi connectivity index (χ0) is 23.5. The first-order chi connectivity index (χ1) is 15.1. The Morgan fingerprint density at radius 3 is 2.41 bits per heavy atom. The van der Waals surface area contributed by atoms with Crippen LogP contribution in [0.2, 0.25) is 0 Å². The molecular formula is C24H28N2O5S. The number of thioether (sulfide) groups is 1. The quantitative estimate of drug-likeness (QED) is 0.501. The lowest BCUT2D eigenvalue weighted by Gasteiger charge is -2.31. The van der Waals surface area contributed by atoms with Crippen molar-refractivity contribution >= 4 is 35.4 Å². The first-order valence-electron chi connectivity index (χ1n) is 10.4. The predicted molar refractivity (Wildman–Crippen MR) is 124 cm³/mol.